The van der Waals surface area contributed by atoms with Gasteiger partial charge < -0.3 is 33.8 Å². The molecule has 0 aromatic rings. The molecule has 19 heteroatoms. The van der Waals surface area contributed by atoms with Crippen molar-refractivity contribution in [3.63, 3.8) is 0 Å². The molecule has 0 amide bonds. The number of aliphatic hydroxyl groups excluding tert-OH is 1. The average molecular weight is 1530 g/mol. The van der Waals surface area contributed by atoms with Crippen molar-refractivity contribution in [1.29, 1.82) is 0 Å². The van der Waals surface area contributed by atoms with Gasteiger partial charge in [-0.25, -0.2) is 9.13 Å². The van der Waals surface area contributed by atoms with Gasteiger partial charge in [0.25, 0.3) is 0 Å². The van der Waals surface area contributed by atoms with E-state index in [0.29, 0.717) is 32.1 Å². The van der Waals surface area contributed by atoms with Crippen LogP contribution >= 0.6 is 15.6 Å². The fourth-order valence-corrected chi connectivity index (χ4v) is 12.3. The zero-order chi connectivity index (χ0) is 77.4. The van der Waals surface area contributed by atoms with Crippen LogP contribution in [0.25, 0.3) is 0 Å². The lowest BCUT2D eigenvalue weighted by Crippen LogP contribution is -2.30. The Morgan fingerprint density at radius 1 is 0.274 bits per heavy atom. The normalized spacial score (nSPS) is 14.5. The first kappa shape index (κ1) is 101. The highest BCUT2D eigenvalue weighted by molar-refractivity contribution is 7.47. The van der Waals surface area contributed by atoms with Crippen LogP contribution in [0.15, 0.2) is 134 Å². The Kier molecular flexibility index (Phi) is 74.8. The predicted octanol–water partition coefficient (Wildman–Crippen LogP) is 24.4. The maximum Gasteiger partial charge on any atom is 0.472 e. The van der Waals surface area contributed by atoms with Gasteiger partial charge in [0.05, 0.1) is 26.4 Å². The third kappa shape index (κ3) is 77.4. The van der Waals surface area contributed by atoms with Crippen molar-refractivity contribution in [2.75, 3.05) is 39.6 Å². The quantitative estimate of drug-likeness (QED) is 0.0169. The number of phosphoric acid groups is 2. The molecule has 106 heavy (non-hydrogen) atoms. The minimum atomic E-state index is -5.00. The molecule has 0 aliphatic heterocycles. The van der Waals surface area contributed by atoms with Gasteiger partial charge in [-0.2, -0.15) is 0 Å². The average Bonchev–Trinajstić information content (AvgIpc) is 0.909. The van der Waals surface area contributed by atoms with Crippen molar-refractivity contribution in [2.24, 2.45) is 0 Å². The molecule has 5 atom stereocenters. The third-order valence-corrected chi connectivity index (χ3v) is 19.0. The van der Waals surface area contributed by atoms with E-state index in [9.17, 15) is 43.2 Å². The molecule has 0 bridgehead atoms. The Morgan fingerprint density at radius 3 is 0.830 bits per heavy atom. The Labute approximate surface area is 644 Å². The lowest BCUT2D eigenvalue weighted by molar-refractivity contribution is -0.161. The zero-order valence-corrected chi connectivity index (χ0v) is 68.4. The molecule has 0 aliphatic carbocycles. The minimum absolute atomic E-state index is 0.0707. The van der Waals surface area contributed by atoms with Crippen molar-refractivity contribution >= 4 is 39.5 Å². The minimum Gasteiger partial charge on any atom is -0.462 e. The van der Waals surface area contributed by atoms with Crippen LogP contribution in [-0.2, 0) is 65.4 Å². The highest BCUT2D eigenvalue weighted by atomic mass is 31.2. The maximum absolute atomic E-state index is 13.1. The third-order valence-electron chi connectivity index (χ3n) is 17.1. The van der Waals surface area contributed by atoms with Gasteiger partial charge in [0.2, 0.25) is 0 Å². The van der Waals surface area contributed by atoms with Crippen molar-refractivity contribution in [1.82, 2.24) is 0 Å². The number of rotatable bonds is 77. The summed E-state index contributed by atoms with van der Waals surface area (Å²) in [6.45, 7) is 4.63. The molecule has 0 aliphatic rings. The maximum atomic E-state index is 13.1. The lowest BCUT2D eigenvalue weighted by atomic mass is 10.1. The molecule has 0 heterocycles. The molecule has 2 unspecified atom stereocenters. The van der Waals surface area contributed by atoms with Crippen LogP contribution in [0.4, 0.5) is 0 Å². The summed E-state index contributed by atoms with van der Waals surface area (Å²) < 4.78 is 68.6. The molecule has 0 fully saturated rings. The van der Waals surface area contributed by atoms with E-state index in [4.69, 9.17) is 37.0 Å². The summed E-state index contributed by atoms with van der Waals surface area (Å²) in [6.07, 6.45) is 88.6. The zero-order valence-electron chi connectivity index (χ0n) is 66.6. The molecule has 0 saturated carbocycles. The van der Waals surface area contributed by atoms with E-state index in [1.54, 1.807) is 0 Å². The topological polar surface area (TPSA) is 237 Å². The van der Waals surface area contributed by atoms with Gasteiger partial charge in [0.15, 0.2) is 12.2 Å². The van der Waals surface area contributed by atoms with E-state index in [1.807, 2.05) is 12.2 Å². The summed E-state index contributed by atoms with van der Waals surface area (Å²) in [5, 5.41) is 10.7. The summed E-state index contributed by atoms with van der Waals surface area (Å²) in [6, 6.07) is 0. The Bertz CT molecular complexity index is 2530. The standard InChI is InChI=1S/C87H148O17P2/c1-5-9-13-17-21-25-29-33-37-39-40-42-46-48-52-56-60-64-68-72-85(90)98-78-83(104-87(92)74-70-66-62-58-54-50-44-36-32-28-24-20-16-12-8-4)80-102-106(95,96)100-76-81(88)75-99-105(93,94)101-79-82(103-86(91)73-69-65-61-57-53-49-43-35-31-27-23-19-15-11-7-3)77-97-84(89)71-67-63-59-55-51-47-45-41-38-34-30-26-22-18-14-10-6-2/h9,13,21-22,25-26,33-38,40,42-45,47-48,52,55,59,81-83,88H,5-8,10-12,14-20,23-24,27-32,39,41,46,49-51,53-54,56-58,60-80H2,1-4H3,(H,93,94)(H,95,96)/b13-9-,25-21-,26-22-,37-33-,38-34-,42-40-,43-35-,44-36-,47-45-,52-48-,59-55-/t81-,82+,83+/m0/s1. The van der Waals surface area contributed by atoms with Crippen LogP contribution in [0.2, 0.25) is 0 Å². The van der Waals surface area contributed by atoms with Crippen LogP contribution < -0.4 is 0 Å². The van der Waals surface area contributed by atoms with Gasteiger partial charge in [-0.3, -0.25) is 37.3 Å². The SMILES string of the molecule is CC/C=C\C/C=C\C/C=C\C/C=C\C/C=C\CCCCCC(=O)OC[C@H](COP(=O)(O)OC[C@@H](O)COP(=O)(O)OC[C@@H](COC(=O)CCC/C=C\C/C=C\C/C=C\C/C=C\CCCCC)OC(=O)CCCCCCC/C=C\CCCCCCCC)OC(=O)CCCCCCC/C=C\CCCCCCCC. The largest absolute Gasteiger partial charge is 0.472 e. The molecule has 0 rings (SSSR count). The number of ether oxygens (including phenoxy) is 4. The first-order valence-electron chi connectivity index (χ1n) is 41.4. The first-order valence-corrected chi connectivity index (χ1v) is 44.4. The molecular formula is C87H148O17P2. The van der Waals surface area contributed by atoms with Gasteiger partial charge >= 0.3 is 39.5 Å². The van der Waals surface area contributed by atoms with Gasteiger partial charge in [0, 0.05) is 25.7 Å². The van der Waals surface area contributed by atoms with Crippen LogP contribution in [0, 0.1) is 0 Å². The molecule has 0 saturated heterocycles. The molecular weight excluding hydrogens is 1380 g/mol. The first-order chi connectivity index (χ1) is 51.7. The van der Waals surface area contributed by atoms with Gasteiger partial charge in [-0.1, -0.05) is 283 Å². The lowest BCUT2D eigenvalue weighted by Gasteiger charge is -2.21. The molecule has 0 spiro atoms. The molecule has 17 nitrogen and oxygen atoms in total. The van der Waals surface area contributed by atoms with E-state index >= 15 is 0 Å². The van der Waals surface area contributed by atoms with Gasteiger partial charge in [-0.05, 0) is 161 Å². The number of phosphoric ester groups is 2. The van der Waals surface area contributed by atoms with Crippen LogP contribution in [0.1, 0.15) is 336 Å². The van der Waals surface area contributed by atoms with Crippen LogP contribution in [0.3, 0.4) is 0 Å². The number of hydrogen-bond acceptors (Lipinski definition) is 15. The Hall–Kier alpha value is -4.80. The highest BCUT2D eigenvalue weighted by Crippen LogP contribution is 2.45. The van der Waals surface area contributed by atoms with E-state index in [-0.39, 0.29) is 25.7 Å². The van der Waals surface area contributed by atoms with Crippen molar-refractivity contribution in [3.8, 4) is 0 Å². The monoisotopic (exact) mass is 1530 g/mol. The summed E-state index contributed by atoms with van der Waals surface area (Å²) in [5.41, 5.74) is 0. The van der Waals surface area contributed by atoms with Gasteiger partial charge in [-0.15, -0.1) is 0 Å². The Morgan fingerprint density at radius 2 is 0.500 bits per heavy atom. The summed E-state index contributed by atoms with van der Waals surface area (Å²) in [7, 11) is -9.99. The smallest absolute Gasteiger partial charge is 0.462 e. The molecule has 0 radical (unpaired) electrons. The fourth-order valence-electron chi connectivity index (χ4n) is 10.8. The van der Waals surface area contributed by atoms with Crippen LogP contribution in [-0.4, -0.2) is 96.7 Å². The predicted molar refractivity (Wildman–Crippen MR) is 436 cm³/mol. The number of allylic oxidation sites excluding steroid dienone is 22. The molecule has 0 aromatic heterocycles. The summed E-state index contributed by atoms with van der Waals surface area (Å²) in [5.74, 6) is -2.29. The van der Waals surface area contributed by atoms with Crippen LogP contribution in [0.5, 0.6) is 0 Å². The number of carbonyl (C=O) groups is 4. The second-order valence-corrected chi connectivity index (χ2v) is 30.2. The second kappa shape index (κ2) is 78.3. The summed E-state index contributed by atoms with van der Waals surface area (Å²) in [4.78, 5) is 73.1. The molecule has 608 valence electrons. The molecule has 0 aromatic carbocycles. The number of aliphatic hydroxyl groups is 1. The highest BCUT2D eigenvalue weighted by Gasteiger charge is 2.30. The van der Waals surface area contributed by atoms with Crippen molar-refractivity contribution in [2.45, 2.75) is 354 Å². The van der Waals surface area contributed by atoms with Crippen molar-refractivity contribution < 1.29 is 80.2 Å². The fraction of sp³-hybridized carbons (Fsp3) is 0.701. The van der Waals surface area contributed by atoms with E-state index < -0.39 is 97.5 Å². The van der Waals surface area contributed by atoms with E-state index in [0.717, 1.165) is 154 Å². The van der Waals surface area contributed by atoms with Crippen molar-refractivity contribution in [3.05, 3.63) is 134 Å². The van der Waals surface area contributed by atoms with E-state index in [1.165, 1.54) is 96.3 Å². The number of carbonyl (C=O) groups excluding carboxylic acids is 4. The Balaban J connectivity index is 5.45. The van der Waals surface area contributed by atoms with E-state index in [2.05, 4.69) is 149 Å². The number of esters is 4. The summed E-state index contributed by atoms with van der Waals surface area (Å²) >= 11 is 0. The number of hydrogen-bond donors (Lipinski definition) is 3. The van der Waals surface area contributed by atoms with Gasteiger partial charge in [0.1, 0.15) is 19.3 Å². The second-order valence-electron chi connectivity index (χ2n) is 27.3. The molecule has 3 N–H and O–H groups in total. The number of unbranched alkanes of at least 4 members (excludes halogenated alkanes) is 29.